The summed E-state index contributed by atoms with van der Waals surface area (Å²) in [4.78, 5) is 48.5. The first kappa shape index (κ1) is 33.8. The topological polar surface area (TPSA) is 94.2 Å². The summed E-state index contributed by atoms with van der Waals surface area (Å²) in [6.07, 6.45) is 6.19. The number of carbonyl (C=O) groups is 3. The molecule has 1 N–H and O–H groups in total. The van der Waals surface area contributed by atoms with Crippen molar-refractivity contribution in [2.24, 2.45) is 11.3 Å². The number of fused-ring (bicyclic) bond motifs is 1. The molecular formula is C39H46N2O6Si. The summed E-state index contributed by atoms with van der Waals surface area (Å²) in [5, 5.41) is 5.55. The smallest absolute Gasteiger partial charge is 0.373 e. The van der Waals surface area contributed by atoms with Gasteiger partial charge >= 0.3 is 5.97 Å². The monoisotopic (exact) mass is 666 g/mol. The highest BCUT2D eigenvalue weighted by Gasteiger charge is 2.72. The summed E-state index contributed by atoms with van der Waals surface area (Å²) in [5.41, 5.74) is -1.56. The van der Waals surface area contributed by atoms with Crippen LogP contribution in [0.2, 0.25) is 5.04 Å². The Morgan fingerprint density at radius 1 is 0.896 bits per heavy atom. The predicted octanol–water partition coefficient (Wildman–Crippen LogP) is 5.18. The average molecular weight is 667 g/mol. The maximum atomic E-state index is 13.9. The summed E-state index contributed by atoms with van der Waals surface area (Å²) in [6.45, 7) is 12.0. The highest BCUT2D eigenvalue weighted by molar-refractivity contribution is 6.99. The molecule has 2 spiro atoms. The molecule has 1 unspecified atom stereocenters. The van der Waals surface area contributed by atoms with Crippen molar-refractivity contribution in [3.63, 3.8) is 0 Å². The zero-order chi connectivity index (χ0) is 34.4. The van der Waals surface area contributed by atoms with Crippen LogP contribution >= 0.6 is 0 Å². The number of rotatable bonds is 6. The van der Waals surface area contributed by atoms with E-state index in [0.717, 1.165) is 12.8 Å². The van der Waals surface area contributed by atoms with Gasteiger partial charge in [-0.05, 0) is 52.2 Å². The third kappa shape index (κ3) is 5.23. The van der Waals surface area contributed by atoms with Crippen molar-refractivity contribution in [1.82, 2.24) is 10.2 Å². The first-order valence-corrected chi connectivity index (χ1v) is 18.7. The van der Waals surface area contributed by atoms with Gasteiger partial charge in [0.05, 0.1) is 18.8 Å². The van der Waals surface area contributed by atoms with Gasteiger partial charge in [0, 0.05) is 12.5 Å². The minimum atomic E-state index is -2.80. The Morgan fingerprint density at radius 2 is 1.46 bits per heavy atom. The van der Waals surface area contributed by atoms with Crippen molar-refractivity contribution >= 4 is 36.5 Å². The molecule has 3 aromatic rings. The van der Waals surface area contributed by atoms with Gasteiger partial charge in [-0.1, -0.05) is 126 Å². The van der Waals surface area contributed by atoms with Crippen LogP contribution in [0.5, 0.6) is 0 Å². The summed E-state index contributed by atoms with van der Waals surface area (Å²) >= 11 is 0. The summed E-state index contributed by atoms with van der Waals surface area (Å²) in [5.74, 6) is -0.428. The largest absolute Gasteiger partial charge is 0.401 e. The average Bonchev–Trinajstić information content (AvgIpc) is 3.52. The predicted molar refractivity (Wildman–Crippen MR) is 187 cm³/mol. The van der Waals surface area contributed by atoms with Crippen LogP contribution in [-0.4, -0.2) is 61.8 Å². The van der Waals surface area contributed by atoms with Crippen molar-refractivity contribution in [3.8, 4) is 0 Å². The van der Waals surface area contributed by atoms with Crippen LogP contribution in [0.25, 0.3) is 0 Å². The first-order chi connectivity index (χ1) is 22.8. The number of piperidine rings is 2. The molecular weight excluding hydrogens is 621 g/mol. The van der Waals surface area contributed by atoms with Crippen molar-refractivity contribution in [2.45, 2.75) is 76.1 Å². The van der Waals surface area contributed by atoms with Crippen LogP contribution in [0, 0.1) is 11.3 Å². The van der Waals surface area contributed by atoms with Gasteiger partial charge in [-0.25, -0.2) is 4.79 Å². The molecule has 0 radical (unpaired) electrons. The van der Waals surface area contributed by atoms with Crippen molar-refractivity contribution in [3.05, 3.63) is 109 Å². The Hall–Kier alpha value is -4.05. The molecule has 9 heteroatoms. The molecule has 0 saturated carbocycles. The Labute approximate surface area is 284 Å². The Morgan fingerprint density at radius 3 is 2.00 bits per heavy atom. The number of amides is 2. The van der Waals surface area contributed by atoms with Crippen LogP contribution in [-0.2, 0) is 23.8 Å². The van der Waals surface area contributed by atoms with Gasteiger partial charge < -0.3 is 14.6 Å². The van der Waals surface area contributed by atoms with Crippen LogP contribution in [0.15, 0.2) is 103 Å². The molecule has 4 fully saturated rings. The summed E-state index contributed by atoms with van der Waals surface area (Å²) in [6, 6.07) is 30.0. The van der Waals surface area contributed by atoms with Crippen molar-refractivity contribution in [1.29, 1.82) is 0 Å². The molecule has 4 atom stereocenters. The normalized spacial score (nSPS) is 26.9. The molecule has 4 aliphatic heterocycles. The molecule has 5 aliphatic rings. The van der Waals surface area contributed by atoms with Gasteiger partial charge in [0.15, 0.2) is 0 Å². The Bertz CT molecular complexity index is 1650. The van der Waals surface area contributed by atoms with Gasteiger partial charge in [-0.15, -0.1) is 0 Å². The minimum Gasteiger partial charge on any atom is -0.401 e. The standard InChI is InChI=1S/C31H38N2O3Si.C8H8O3/c1-28(2,3)37(22-13-8-6-9-14-22,23-15-10-7-11-16-23)36-25-17-19-31-24(29(25,4)5)21-30(26(34)32-31)18-12-20-33(30)27(31)35;1-10-11-8(9)7-5-3-2-4-6-7/h6-11,13-17,19,24-25H,12,18,20-21H2,1-5H3,(H,32,34);2-6H,1H3/t24?,25-,30-,31-;/m1./s1. The second kappa shape index (κ2) is 12.4. The molecule has 48 heavy (non-hydrogen) atoms. The van der Waals surface area contributed by atoms with E-state index in [0.29, 0.717) is 18.5 Å². The number of benzene rings is 3. The highest BCUT2D eigenvalue weighted by atomic mass is 28.4. The lowest BCUT2D eigenvalue weighted by Gasteiger charge is -2.64. The fourth-order valence-electron chi connectivity index (χ4n) is 8.57. The first-order valence-electron chi connectivity index (χ1n) is 16.8. The van der Waals surface area contributed by atoms with E-state index in [-0.39, 0.29) is 34.3 Å². The van der Waals surface area contributed by atoms with E-state index in [1.165, 1.54) is 17.5 Å². The van der Waals surface area contributed by atoms with E-state index in [1.807, 2.05) is 17.0 Å². The number of nitrogens with one attached hydrogen (secondary N) is 1. The van der Waals surface area contributed by atoms with Crippen LogP contribution in [0.4, 0.5) is 0 Å². The maximum Gasteiger partial charge on any atom is 0.373 e. The molecule has 4 saturated heterocycles. The van der Waals surface area contributed by atoms with E-state index in [4.69, 9.17) is 4.43 Å². The number of hydrogen-bond acceptors (Lipinski definition) is 6. The van der Waals surface area contributed by atoms with Gasteiger partial charge in [-0.2, -0.15) is 4.89 Å². The van der Waals surface area contributed by atoms with E-state index in [2.05, 4.69) is 116 Å². The third-order valence-corrected chi connectivity index (χ3v) is 16.0. The van der Waals surface area contributed by atoms with E-state index >= 15 is 0 Å². The zero-order valence-corrected chi connectivity index (χ0v) is 29.7. The van der Waals surface area contributed by atoms with E-state index < -0.39 is 25.4 Å². The third-order valence-electron chi connectivity index (χ3n) is 11.0. The molecule has 4 heterocycles. The lowest BCUT2D eigenvalue weighted by molar-refractivity contribution is -0.216. The van der Waals surface area contributed by atoms with Gasteiger partial charge in [0.2, 0.25) is 5.91 Å². The molecule has 8 nitrogen and oxygen atoms in total. The second-order valence-electron chi connectivity index (χ2n) is 15.0. The van der Waals surface area contributed by atoms with Crippen molar-refractivity contribution < 1.29 is 28.6 Å². The van der Waals surface area contributed by atoms with Crippen LogP contribution in [0.3, 0.4) is 0 Å². The minimum absolute atomic E-state index is 0.0210. The quantitative estimate of drug-likeness (QED) is 0.169. The van der Waals surface area contributed by atoms with E-state index in [9.17, 15) is 14.4 Å². The number of nitrogens with zero attached hydrogens (tertiary/aromatic N) is 1. The fraction of sp³-hybridized carbons (Fsp3) is 0.410. The van der Waals surface area contributed by atoms with Crippen LogP contribution < -0.4 is 15.7 Å². The molecule has 2 bridgehead atoms. The zero-order valence-electron chi connectivity index (χ0n) is 28.7. The Kier molecular flexibility index (Phi) is 8.77. The lowest BCUT2D eigenvalue weighted by atomic mass is 9.53. The Balaban J connectivity index is 0.000000312. The molecule has 252 valence electrons. The van der Waals surface area contributed by atoms with Gasteiger partial charge in [-0.3, -0.25) is 14.5 Å². The summed E-state index contributed by atoms with van der Waals surface area (Å²) < 4.78 is 7.57. The number of hydrogen-bond donors (Lipinski definition) is 1. The molecule has 2 amide bonds. The number of carbonyl (C=O) groups excluding carboxylic acids is 3. The van der Waals surface area contributed by atoms with Crippen molar-refractivity contribution in [2.75, 3.05) is 13.7 Å². The number of piperazine rings is 1. The lowest BCUT2D eigenvalue weighted by Crippen LogP contribution is -2.83. The molecule has 3 aromatic carbocycles. The second-order valence-corrected chi connectivity index (χ2v) is 19.2. The van der Waals surface area contributed by atoms with E-state index in [1.54, 1.807) is 24.3 Å². The summed E-state index contributed by atoms with van der Waals surface area (Å²) in [7, 11) is -1.51. The molecule has 1 aliphatic carbocycles. The SMILES string of the molecule is CC1(C)C2C[C@@]34CCCN3C(=O)[C@]2(C=C[C@H]1O[Si](c1ccccc1)(c1ccccc1)C(C)(C)C)NC4=O.COOC(=O)c1ccccc1. The fourth-order valence-corrected chi connectivity index (χ4v) is 13.3. The molecule has 0 aromatic heterocycles. The molecule has 8 rings (SSSR count). The van der Waals surface area contributed by atoms with Crippen LogP contribution in [0.1, 0.15) is 64.2 Å². The van der Waals surface area contributed by atoms with Gasteiger partial charge in [0.1, 0.15) is 11.1 Å². The maximum absolute atomic E-state index is 13.9. The van der Waals surface area contributed by atoms with Gasteiger partial charge in [0.25, 0.3) is 14.2 Å². The highest BCUT2D eigenvalue weighted by Crippen LogP contribution is 2.58.